The van der Waals surface area contributed by atoms with Gasteiger partial charge in [-0.3, -0.25) is 9.59 Å². The molecule has 0 spiro atoms. The van der Waals surface area contributed by atoms with Gasteiger partial charge in [-0.15, -0.1) is 0 Å². The van der Waals surface area contributed by atoms with Crippen LogP contribution in [-0.2, 0) is 0 Å². The van der Waals surface area contributed by atoms with Gasteiger partial charge in [0.1, 0.15) is 0 Å². The molecule has 2 heterocycles. The van der Waals surface area contributed by atoms with Crippen LogP contribution in [0.4, 0.5) is 0 Å². The highest BCUT2D eigenvalue weighted by molar-refractivity contribution is 8.08. The van der Waals surface area contributed by atoms with Crippen molar-refractivity contribution in [3.05, 3.63) is 66.4 Å². The lowest BCUT2D eigenvalue weighted by Crippen LogP contribution is -2.04. The fourth-order valence-electron chi connectivity index (χ4n) is 3.01. The predicted molar refractivity (Wildman–Crippen MR) is 99.8 cm³/mol. The summed E-state index contributed by atoms with van der Waals surface area (Å²) >= 11 is 14.8. The molecule has 0 amide bonds. The summed E-state index contributed by atoms with van der Waals surface area (Å²) in [6, 6.07) is 7.10. The van der Waals surface area contributed by atoms with Gasteiger partial charge in [-0.05, 0) is 49.2 Å². The standard InChI is InChI=1S/C18H10Cl2O2S2/c1-7-3-9(19)5-11-13(7)15(21)17(23-11)18-16(22)14-8(2)4-10(20)6-12(14)24-18/h3-6H,1-2H3. The van der Waals surface area contributed by atoms with Gasteiger partial charge in [-0.2, -0.15) is 0 Å². The average molecular weight is 393 g/mol. The first-order chi connectivity index (χ1) is 11.4. The zero-order chi connectivity index (χ0) is 17.2. The van der Waals surface area contributed by atoms with Crippen LogP contribution < -0.4 is 0 Å². The number of halogens is 2. The van der Waals surface area contributed by atoms with Gasteiger partial charge in [0.15, 0.2) is 0 Å². The lowest BCUT2D eigenvalue weighted by Gasteiger charge is -2.01. The van der Waals surface area contributed by atoms with Gasteiger partial charge in [0.25, 0.3) is 0 Å². The summed E-state index contributed by atoms with van der Waals surface area (Å²) in [5.74, 6) is -0.201. The monoisotopic (exact) mass is 392 g/mol. The molecule has 0 unspecified atom stereocenters. The Bertz CT molecular complexity index is 913. The van der Waals surface area contributed by atoms with Gasteiger partial charge in [0, 0.05) is 31.0 Å². The van der Waals surface area contributed by atoms with E-state index in [0.717, 1.165) is 20.9 Å². The largest absolute Gasteiger partial charge is 0.288 e. The van der Waals surface area contributed by atoms with Crippen LogP contribution in [0.1, 0.15) is 31.8 Å². The molecule has 0 bridgehead atoms. The van der Waals surface area contributed by atoms with E-state index in [9.17, 15) is 9.59 Å². The lowest BCUT2D eigenvalue weighted by atomic mass is 10.0. The summed E-state index contributed by atoms with van der Waals surface area (Å²) in [6.07, 6.45) is 0. The molecule has 0 N–H and O–H groups in total. The number of benzene rings is 2. The van der Waals surface area contributed by atoms with Crippen molar-refractivity contribution < 1.29 is 9.59 Å². The van der Waals surface area contributed by atoms with Crippen molar-refractivity contribution in [2.24, 2.45) is 0 Å². The molecule has 6 heteroatoms. The van der Waals surface area contributed by atoms with Crippen LogP contribution in [-0.4, -0.2) is 11.6 Å². The minimum atomic E-state index is -0.100. The molecule has 0 atom stereocenters. The molecule has 0 radical (unpaired) electrons. The van der Waals surface area contributed by atoms with Crippen molar-refractivity contribution in [1.29, 1.82) is 0 Å². The van der Waals surface area contributed by atoms with Crippen LogP contribution in [0, 0.1) is 13.8 Å². The second kappa shape index (κ2) is 5.67. The number of carbonyl (C=O) groups excluding carboxylic acids is 2. The Morgan fingerprint density at radius 2 is 1.08 bits per heavy atom. The van der Waals surface area contributed by atoms with E-state index in [1.165, 1.54) is 23.5 Å². The molecular formula is C18H10Cl2O2S2. The Morgan fingerprint density at radius 1 is 0.708 bits per heavy atom. The summed E-state index contributed by atoms with van der Waals surface area (Å²) in [7, 11) is 0. The highest BCUT2D eigenvalue weighted by Gasteiger charge is 2.37. The summed E-state index contributed by atoms with van der Waals surface area (Å²) in [4.78, 5) is 28.3. The number of thioether (sulfide) groups is 2. The second-order valence-corrected chi connectivity index (χ2v) is 8.69. The fourth-order valence-corrected chi connectivity index (χ4v) is 6.21. The molecular weight excluding hydrogens is 383 g/mol. The fraction of sp³-hybridized carbons (Fsp3) is 0.111. The maximum atomic E-state index is 12.9. The van der Waals surface area contributed by atoms with E-state index in [-0.39, 0.29) is 11.6 Å². The van der Waals surface area contributed by atoms with Crippen LogP contribution in [0.3, 0.4) is 0 Å². The van der Waals surface area contributed by atoms with Crippen molar-refractivity contribution in [3.63, 3.8) is 0 Å². The van der Waals surface area contributed by atoms with E-state index in [1.807, 2.05) is 13.8 Å². The number of carbonyl (C=O) groups is 2. The first kappa shape index (κ1) is 16.3. The van der Waals surface area contributed by atoms with E-state index >= 15 is 0 Å². The molecule has 0 fully saturated rings. The minimum absolute atomic E-state index is 0.100. The smallest absolute Gasteiger partial charge is 0.202 e. The maximum absolute atomic E-state index is 12.9. The Labute approximate surface area is 157 Å². The molecule has 0 saturated heterocycles. The van der Waals surface area contributed by atoms with Crippen molar-refractivity contribution >= 4 is 58.3 Å². The molecule has 0 saturated carbocycles. The summed E-state index contributed by atoms with van der Waals surface area (Å²) in [5, 5.41) is 1.18. The highest BCUT2D eigenvalue weighted by atomic mass is 35.5. The number of aryl methyl sites for hydroxylation is 2. The highest BCUT2D eigenvalue weighted by Crippen LogP contribution is 2.51. The minimum Gasteiger partial charge on any atom is -0.288 e. The van der Waals surface area contributed by atoms with Crippen molar-refractivity contribution in [2.75, 3.05) is 0 Å². The topological polar surface area (TPSA) is 34.1 Å². The summed E-state index contributed by atoms with van der Waals surface area (Å²) in [5.41, 5.74) is 2.95. The van der Waals surface area contributed by atoms with E-state index in [1.54, 1.807) is 24.3 Å². The first-order valence-electron chi connectivity index (χ1n) is 7.16. The zero-order valence-corrected chi connectivity index (χ0v) is 15.8. The third kappa shape index (κ3) is 2.36. The van der Waals surface area contributed by atoms with Gasteiger partial charge in [-0.1, -0.05) is 46.7 Å². The van der Waals surface area contributed by atoms with Crippen LogP contribution in [0.15, 0.2) is 43.9 Å². The van der Waals surface area contributed by atoms with E-state index in [0.29, 0.717) is 31.0 Å². The SMILES string of the molecule is Cc1cc(Cl)cc2c1C(=O)C(=C1Sc3cc(Cl)cc(C)c3C1=O)S2. The Kier molecular flexibility index (Phi) is 3.84. The molecule has 2 nitrogen and oxygen atoms in total. The molecule has 2 aliphatic rings. The number of ketones is 2. The van der Waals surface area contributed by atoms with Crippen LogP contribution in [0.25, 0.3) is 0 Å². The molecule has 0 aliphatic carbocycles. The van der Waals surface area contributed by atoms with E-state index < -0.39 is 0 Å². The Morgan fingerprint density at radius 3 is 1.46 bits per heavy atom. The third-order valence-electron chi connectivity index (χ3n) is 4.03. The molecule has 2 aromatic rings. The van der Waals surface area contributed by atoms with Crippen molar-refractivity contribution in [3.8, 4) is 0 Å². The molecule has 4 rings (SSSR count). The predicted octanol–water partition coefficient (Wildman–Crippen LogP) is 6.10. The van der Waals surface area contributed by atoms with Gasteiger partial charge in [0.2, 0.25) is 11.6 Å². The number of rotatable bonds is 0. The molecule has 120 valence electrons. The average Bonchev–Trinajstić information content (AvgIpc) is 2.96. The van der Waals surface area contributed by atoms with Gasteiger partial charge >= 0.3 is 0 Å². The Hall–Kier alpha value is -1.20. The summed E-state index contributed by atoms with van der Waals surface area (Å²) < 4.78 is 0. The van der Waals surface area contributed by atoms with Crippen LogP contribution in [0.5, 0.6) is 0 Å². The Balaban J connectivity index is 1.86. The molecule has 2 aromatic carbocycles. The van der Waals surface area contributed by atoms with Gasteiger partial charge in [0.05, 0.1) is 9.81 Å². The number of allylic oxidation sites excluding steroid dienone is 2. The second-order valence-electron chi connectivity index (χ2n) is 5.71. The van der Waals surface area contributed by atoms with Crippen LogP contribution in [0.2, 0.25) is 10.0 Å². The number of fused-ring (bicyclic) bond motifs is 2. The first-order valence-corrected chi connectivity index (χ1v) is 9.55. The quantitative estimate of drug-likeness (QED) is 0.507. The molecule has 0 aromatic heterocycles. The van der Waals surface area contributed by atoms with Crippen molar-refractivity contribution in [2.45, 2.75) is 23.6 Å². The van der Waals surface area contributed by atoms with E-state index in [2.05, 4.69) is 0 Å². The number of hydrogen-bond donors (Lipinski definition) is 0. The lowest BCUT2D eigenvalue weighted by molar-refractivity contribution is 0.101. The third-order valence-corrected chi connectivity index (χ3v) is 6.86. The van der Waals surface area contributed by atoms with Gasteiger partial charge < -0.3 is 0 Å². The molecule has 24 heavy (non-hydrogen) atoms. The number of hydrogen-bond acceptors (Lipinski definition) is 4. The van der Waals surface area contributed by atoms with Crippen LogP contribution >= 0.6 is 46.7 Å². The van der Waals surface area contributed by atoms with Crippen molar-refractivity contribution in [1.82, 2.24) is 0 Å². The maximum Gasteiger partial charge on any atom is 0.202 e. The normalized spacial score (nSPS) is 19.0. The molecule has 2 aliphatic heterocycles. The zero-order valence-electron chi connectivity index (χ0n) is 12.7. The van der Waals surface area contributed by atoms with E-state index in [4.69, 9.17) is 23.2 Å². The number of Topliss-reactive ketones (excluding diaryl/α,β-unsaturated/α-hetero) is 2. The van der Waals surface area contributed by atoms with Gasteiger partial charge in [-0.25, -0.2) is 0 Å². The summed E-state index contributed by atoms with van der Waals surface area (Å²) in [6.45, 7) is 3.72.